The van der Waals surface area contributed by atoms with Gasteiger partial charge >= 0.3 is 0 Å². The van der Waals surface area contributed by atoms with Gasteiger partial charge < -0.3 is 10.4 Å². The van der Waals surface area contributed by atoms with Crippen LogP contribution in [0.1, 0.15) is 37.7 Å². The van der Waals surface area contributed by atoms with Crippen molar-refractivity contribution in [1.82, 2.24) is 5.32 Å². The van der Waals surface area contributed by atoms with E-state index >= 15 is 0 Å². The van der Waals surface area contributed by atoms with Crippen LogP contribution in [0.15, 0.2) is 24.3 Å². The van der Waals surface area contributed by atoms with E-state index in [1.165, 1.54) is 17.7 Å². The summed E-state index contributed by atoms with van der Waals surface area (Å²) < 4.78 is 12.8. The van der Waals surface area contributed by atoms with Gasteiger partial charge in [0.1, 0.15) is 5.82 Å². The highest BCUT2D eigenvalue weighted by Crippen LogP contribution is 2.37. The van der Waals surface area contributed by atoms with Gasteiger partial charge in [0.2, 0.25) is 0 Å². The van der Waals surface area contributed by atoms with E-state index in [0.29, 0.717) is 12.0 Å². The first kappa shape index (κ1) is 12.5. The molecule has 0 aromatic heterocycles. The van der Waals surface area contributed by atoms with Crippen LogP contribution in [-0.2, 0) is 0 Å². The van der Waals surface area contributed by atoms with Crippen molar-refractivity contribution in [2.75, 3.05) is 6.61 Å². The van der Waals surface area contributed by atoms with E-state index < -0.39 is 0 Å². The van der Waals surface area contributed by atoms with Gasteiger partial charge in [-0.15, -0.1) is 0 Å². The molecule has 0 spiro atoms. The molecule has 0 amide bonds. The van der Waals surface area contributed by atoms with E-state index in [9.17, 15) is 4.39 Å². The maximum Gasteiger partial charge on any atom is 0.123 e. The molecule has 1 aromatic rings. The maximum absolute atomic E-state index is 12.8. The van der Waals surface area contributed by atoms with Crippen molar-refractivity contribution in [3.05, 3.63) is 35.6 Å². The first-order valence-corrected chi connectivity index (χ1v) is 6.35. The van der Waals surface area contributed by atoms with Crippen LogP contribution in [0.4, 0.5) is 4.39 Å². The largest absolute Gasteiger partial charge is 0.395 e. The third kappa shape index (κ3) is 3.05. The van der Waals surface area contributed by atoms with Gasteiger partial charge in [-0.2, -0.15) is 0 Å². The highest BCUT2D eigenvalue weighted by molar-refractivity contribution is 5.23. The molecule has 0 heterocycles. The molecule has 0 bridgehead atoms. The smallest absolute Gasteiger partial charge is 0.123 e. The fourth-order valence-electron chi connectivity index (χ4n) is 2.39. The second kappa shape index (κ2) is 5.61. The van der Waals surface area contributed by atoms with Crippen molar-refractivity contribution in [2.24, 2.45) is 0 Å². The Hall–Kier alpha value is -0.930. The van der Waals surface area contributed by atoms with E-state index in [4.69, 9.17) is 5.11 Å². The predicted octanol–water partition coefficient (Wildman–Crippen LogP) is 2.43. The quantitative estimate of drug-likeness (QED) is 0.824. The van der Waals surface area contributed by atoms with Crippen LogP contribution in [0.25, 0.3) is 0 Å². The SMILES string of the molecule is CC[C@H](CO)NC1CC(c2ccc(F)cc2)C1. The summed E-state index contributed by atoms with van der Waals surface area (Å²) in [6.45, 7) is 2.28. The van der Waals surface area contributed by atoms with Crippen molar-refractivity contribution in [2.45, 2.75) is 44.2 Å². The third-order valence-electron chi connectivity index (χ3n) is 3.66. The standard InChI is InChI=1S/C14H20FNO/c1-2-13(9-17)16-14-7-11(8-14)10-3-5-12(15)6-4-10/h3-6,11,13-14,16-17H,2,7-9H2,1H3/t11?,13-,14?/m1/s1. The van der Waals surface area contributed by atoms with Crippen molar-refractivity contribution in [1.29, 1.82) is 0 Å². The summed E-state index contributed by atoms with van der Waals surface area (Å²) >= 11 is 0. The fourth-order valence-corrected chi connectivity index (χ4v) is 2.39. The van der Waals surface area contributed by atoms with Crippen molar-refractivity contribution in [3.63, 3.8) is 0 Å². The molecular formula is C14H20FNO. The summed E-state index contributed by atoms with van der Waals surface area (Å²) in [5, 5.41) is 12.5. The fraction of sp³-hybridized carbons (Fsp3) is 0.571. The van der Waals surface area contributed by atoms with Crippen LogP contribution in [0.5, 0.6) is 0 Å². The number of rotatable bonds is 5. The number of benzene rings is 1. The zero-order valence-corrected chi connectivity index (χ0v) is 10.2. The molecule has 0 radical (unpaired) electrons. The van der Waals surface area contributed by atoms with Crippen LogP contribution in [0.2, 0.25) is 0 Å². The van der Waals surface area contributed by atoms with Crippen molar-refractivity contribution in [3.8, 4) is 0 Å². The summed E-state index contributed by atoms with van der Waals surface area (Å²) in [7, 11) is 0. The zero-order chi connectivity index (χ0) is 12.3. The molecule has 94 valence electrons. The Labute approximate surface area is 102 Å². The number of halogens is 1. The van der Waals surface area contributed by atoms with Crippen LogP contribution in [0, 0.1) is 5.82 Å². The lowest BCUT2D eigenvalue weighted by Gasteiger charge is -2.38. The minimum absolute atomic E-state index is 0.172. The lowest BCUT2D eigenvalue weighted by molar-refractivity contribution is 0.193. The van der Waals surface area contributed by atoms with Gasteiger partial charge in [-0.1, -0.05) is 19.1 Å². The predicted molar refractivity (Wildman–Crippen MR) is 66.5 cm³/mol. The van der Waals surface area contributed by atoms with Gasteiger partial charge in [-0.3, -0.25) is 0 Å². The Morgan fingerprint density at radius 1 is 1.35 bits per heavy atom. The van der Waals surface area contributed by atoms with Crippen molar-refractivity contribution >= 4 is 0 Å². The van der Waals surface area contributed by atoms with E-state index in [1.54, 1.807) is 0 Å². The van der Waals surface area contributed by atoms with E-state index in [1.807, 2.05) is 12.1 Å². The van der Waals surface area contributed by atoms with Crippen LogP contribution in [-0.4, -0.2) is 23.8 Å². The third-order valence-corrected chi connectivity index (χ3v) is 3.66. The van der Waals surface area contributed by atoms with E-state index in [-0.39, 0.29) is 18.5 Å². The number of hydrogen-bond acceptors (Lipinski definition) is 2. The summed E-state index contributed by atoms with van der Waals surface area (Å²) in [5.41, 5.74) is 1.22. The molecule has 1 atom stereocenters. The first-order valence-electron chi connectivity index (χ1n) is 6.35. The van der Waals surface area contributed by atoms with Crippen LogP contribution >= 0.6 is 0 Å². The molecule has 1 fully saturated rings. The zero-order valence-electron chi connectivity index (χ0n) is 10.2. The summed E-state index contributed by atoms with van der Waals surface area (Å²) in [6, 6.07) is 7.52. The second-order valence-electron chi connectivity index (χ2n) is 4.87. The van der Waals surface area contributed by atoms with Crippen LogP contribution in [0.3, 0.4) is 0 Å². The normalized spacial score (nSPS) is 25.4. The highest BCUT2D eigenvalue weighted by Gasteiger charge is 2.31. The molecule has 1 aromatic carbocycles. The van der Waals surface area contributed by atoms with Gasteiger partial charge in [0.15, 0.2) is 0 Å². The lowest BCUT2D eigenvalue weighted by Crippen LogP contribution is -2.46. The van der Waals surface area contributed by atoms with Gasteiger partial charge in [-0.25, -0.2) is 4.39 Å². The first-order chi connectivity index (χ1) is 8.22. The van der Waals surface area contributed by atoms with E-state index in [2.05, 4.69) is 12.2 Å². The Bertz CT molecular complexity index is 342. The monoisotopic (exact) mass is 237 g/mol. The number of aliphatic hydroxyl groups is 1. The highest BCUT2D eigenvalue weighted by atomic mass is 19.1. The molecule has 2 N–H and O–H groups in total. The summed E-state index contributed by atoms with van der Waals surface area (Å²) in [6.07, 6.45) is 3.12. The Kier molecular flexibility index (Phi) is 4.13. The van der Waals surface area contributed by atoms with Crippen molar-refractivity contribution < 1.29 is 9.50 Å². The molecule has 0 saturated heterocycles. The minimum Gasteiger partial charge on any atom is -0.395 e. The number of nitrogens with one attached hydrogen (secondary N) is 1. The molecule has 1 aliphatic carbocycles. The molecule has 3 heteroatoms. The molecule has 1 aliphatic rings. The van der Waals surface area contributed by atoms with Crippen LogP contribution < -0.4 is 5.32 Å². The van der Waals surface area contributed by atoms with Gasteiger partial charge in [0, 0.05) is 12.1 Å². The molecule has 2 nitrogen and oxygen atoms in total. The second-order valence-corrected chi connectivity index (χ2v) is 4.87. The summed E-state index contributed by atoms with van der Waals surface area (Å²) in [5.74, 6) is 0.373. The molecule has 17 heavy (non-hydrogen) atoms. The Morgan fingerprint density at radius 2 is 2.00 bits per heavy atom. The molecule has 0 unspecified atom stereocenters. The number of hydrogen-bond donors (Lipinski definition) is 2. The lowest BCUT2D eigenvalue weighted by atomic mass is 9.75. The van der Waals surface area contributed by atoms with E-state index in [0.717, 1.165) is 19.3 Å². The average Bonchev–Trinajstić information content (AvgIpc) is 2.30. The summed E-state index contributed by atoms with van der Waals surface area (Å²) in [4.78, 5) is 0. The van der Waals surface area contributed by atoms with Gasteiger partial charge in [0.05, 0.1) is 6.61 Å². The minimum atomic E-state index is -0.172. The molecule has 2 rings (SSSR count). The molecule has 0 aliphatic heterocycles. The Morgan fingerprint density at radius 3 is 2.53 bits per heavy atom. The van der Waals surface area contributed by atoms with Gasteiger partial charge in [0.25, 0.3) is 0 Å². The number of aliphatic hydroxyl groups excluding tert-OH is 1. The maximum atomic E-state index is 12.8. The molecule has 1 saturated carbocycles. The molecular weight excluding hydrogens is 217 g/mol. The van der Waals surface area contributed by atoms with Gasteiger partial charge in [-0.05, 0) is 42.9 Å². The Balaban J connectivity index is 1.80. The topological polar surface area (TPSA) is 32.3 Å². The average molecular weight is 237 g/mol.